The maximum absolute atomic E-state index is 11.3. The maximum atomic E-state index is 11.3. The van der Waals surface area contributed by atoms with Crippen molar-refractivity contribution < 1.29 is 8.42 Å². The molecule has 4 nitrogen and oxygen atoms in total. The number of nitrogens with zero attached hydrogens (tertiary/aromatic N) is 1. The van der Waals surface area contributed by atoms with Crippen LogP contribution in [0.3, 0.4) is 0 Å². The monoisotopic (exact) mass is 248 g/mol. The molecule has 0 spiro atoms. The third kappa shape index (κ3) is 4.03. The number of hydrogen-bond acceptors (Lipinski definition) is 4. The van der Waals surface area contributed by atoms with E-state index in [0.717, 1.165) is 19.4 Å². The summed E-state index contributed by atoms with van der Waals surface area (Å²) < 4.78 is 22.6. The summed E-state index contributed by atoms with van der Waals surface area (Å²) in [4.78, 5) is 2.27. The Morgan fingerprint density at radius 1 is 1.31 bits per heavy atom. The van der Waals surface area contributed by atoms with Crippen molar-refractivity contribution in [1.82, 2.24) is 4.90 Å². The van der Waals surface area contributed by atoms with Gasteiger partial charge in [-0.2, -0.15) is 0 Å². The molecule has 96 valence electrons. The second-order valence-electron chi connectivity index (χ2n) is 5.67. The fraction of sp³-hybridized carbons (Fsp3) is 1.00. The molecule has 2 N–H and O–H groups in total. The van der Waals surface area contributed by atoms with Crippen molar-refractivity contribution in [1.29, 1.82) is 0 Å². The molecule has 0 amide bonds. The lowest BCUT2D eigenvalue weighted by atomic mass is 9.92. The van der Waals surface area contributed by atoms with Crippen LogP contribution in [0, 0.1) is 5.41 Å². The number of nitrogens with two attached hydrogens (primary N) is 1. The van der Waals surface area contributed by atoms with Crippen LogP contribution in [-0.2, 0) is 9.84 Å². The second kappa shape index (κ2) is 5.02. The molecule has 1 aliphatic heterocycles. The van der Waals surface area contributed by atoms with Crippen molar-refractivity contribution >= 4 is 9.84 Å². The zero-order valence-corrected chi connectivity index (χ0v) is 11.4. The topological polar surface area (TPSA) is 63.4 Å². The average molecular weight is 248 g/mol. The SMILES string of the molecule is CN(CC(C)(C)CN)C1CCS(=O)(=O)CC1. The smallest absolute Gasteiger partial charge is 0.150 e. The van der Waals surface area contributed by atoms with Crippen LogP contribution in [0.5, 0.6) is 0 Å². The van der Waals surface area contributed by atoms with Crippen molar-refractivity contribution in [2.24, 2.45) is 11.1 Å². The lowest BCUT2D eigenvalue weighted by Gasteiger charge is -2.36. The van der Waals surface area contributed by atoms with E-state index in [1.165, 1.54) is 0 Å². The van der Waals surface area contributed by atoms with Gasteiger partial charge in [0.2, 0.25) is 0 Å². The lowest BCUT2D eigenvalue weighted by molar-refractivity contribution is 0.156. The van der Waals surface area contributed by atoms with Gasteiger partial charge < -0.3 is 10.6 Å². The first-order valence-electron chi connectivity index (χ1n) is 5.86. The van der Waals surface area contributed by atoms with E-state index in [9.17, 15) is 8.42 Å². The van der Waals surface area contributed by atoms with Gasteiger partial charge in [-0.15, -0.1) is 0 Å². The molecular weight excluding hydrogens is 224 g/mol. The standard InChI is InChI=1S/C11H24N2O2S/c1-11(2,8-12)9-13(3)10-4-6-16(14,15)7-5-10/h10H,4-9,12H2,1-3H3. The highest BCUT2D eigenvalue weighted by atomic mass is 32.2. The maximum Gasteiger partial charge on any atom is 0.150 e. The Morgan fingerprint density at radius 3 is 2.25 bits per heavy atom. The van der Waals surface area contributed by atoms with Crippen LogP contribution in [-0.4, -0.2) is 51.0 Å². The predicted octanol–water partition coefficient (Wildman–Crippen LogP) is 0.480. The molecule has 0 radical (unpaired) electrons. The summed E-state index contributed by atoms with van der Waals surface area (Å²) in [5.74, 6) is 0.677. The van der Waals surface area contributed by atoms with Crippen LogP contribution in [0.4, 0.5) is 0 Å². The molecule has 0 saturated carbocycles. The molecule has 1 saturated heterocycles. The molecule has 0 atom stereocenters. The zero-order chi connectivity index (χ0) is 12.4. The molecule has 0 aromatic carbocycles. The van der Waals surface area contributed by atoms with Gasteiger partial charge in [-0.1, -0.05) is 13.8 Å². The zero-order valence-electron chi connectivity index (χ0n) is 10.6. The Morgan fingerprint density at radius 2 is 1.81 bits per heavy atom. The van der Waals surface area contributed by atoms with Crippen LogP contribution in [0.15, 0.2) is 0 Å². The highest BCUT2D eigenvalue weighted by Gasteiger charge is 2.28. The lowest BCUT2D eigenvalue weighted by Crippen LogP contribution is -2.45. The van der Waals surface area contributed by atoms with Gasteiger partial charge in [0, 0.05) is 12.6 Å². The first kappa shape index (κ1) is 13.9. The van der Waals surface area contributed by atoms with E-state index in [2.05, 4.69) is 25.8 Å². The van der Waals surface area contributed by atoms with Gasteiger partial charge in [0.1, 0.15) is 9.84 Å². The summed E-state index contributed by atoms with van der Waals surface area (Å²) in [6.45, 7) is 5.86. The molecule has 1 heterocycles. The minimum atomic E-state index is -2.75. The van der Waals surface area contributed by atoms with E-state index in [1.54, 1.807) is 0 Å². The van der Waals surface area contributed by atoms with Gasteiger partial charge in [-0.3, -0.25) is 0 Å². The largest absolute Gasteiger partial charge is 0.330 e. The van der Waals surface area contributed by atoms with E-state index in [-0.39, 0.29) is 5.41 Å². The van der Waals surface area contributed by atoms with Crippen LogP contribution in [0.2, 0.25) is 0 Å². The first-order chi connectivity index (χ1) is 7.26. The average Bonchev–Trinajstić information content (AvgIpc) is 2.16. The van der Waals surface area contributed by atoms with E-state index in [4.69, 9.17) is 5.73 Å². The molecule has 5 heteroatoms. The van der Waals surface area contributed by atoms with Crippen molar-refractivity contribution in [3.8, 4) is 0 Å². The highest BCUT2D eigenvalue weighted by Crippen LogP contribution is 2.21. The van der Waals surface area contributed by atoms with Crippen LogP contribution < -0.4 is 5.73 Å². The van der Waals surface area contributed by atoms with Crippen LogP contribution in [0.25, 0.3) is 0 Å². The van der Waals surface area contributed by atoms with Gasteiger partial charge in [0.05, 0.1) is 11.5 Å². The molecule has 16 heavy (non-hydrogen) atoms. The quantitative estimate of drug-likeness (QED) is 0.786. The van der Waals surface area contributed by atoms with Crippen molar-refractivity contribution in [2.75, 3.05) is 31.6 Å². The number of rotatable bonds is 4. The summed E-state index contributed by atoms with van der Waals surface area (Å²) in [7, 11) is -0.680. The van der Waals surface area contributed by atoms with Crippen LogP contribution in [0.1, 0.15) is 26.7 Å². The Labute approximate surface area is 99.1 Å². The summed E-state index contributed by atoms with van der Waals surface area (Å²) in [5, 5.41) is 0. The molecule has 0 unspecified atom stereocenters. The number of hydrogen-bond donors (Lipinski definition) is 1. The van der Waals surface area contributed by atoms with Crippen LogP contribution >= 0.6 is 0 Å². The molecule has 1 rings (SSSR count). The molecule has 0 aromatic rings. The van der Waals surface area contributed by atoms with E-state index in [1.807, 2.05) is 0 Å². The Balaban J connectivity index is 2.48. The van der Waals surface area contributed by atoms with Crippen molar-refractivity contribution in [3.05, 3.63) is 0 Å². The minimum absolute atomic E-state index is 0.102. The summed E-state index contributed by atoms with van der Waals surface area (Å²) in [6, 6.07) is 0.398. The third-order valence-corrected chi connectivity index (χ3v) is 5.09. The van der Waals surface area contributed by atoms with E-state index < -0.39 is 9.84 Å². The van der Waals surface area contributed by atoms with Crippen molar-refractivity contribution in [3.63, 3.8) is 0 Å². The van der Waals surface area contributed by atoms with Crippen molar-refractivity contribution in [2.45, 2.75) is 32.7 Å². The summed E-state index contributed by atoms with van der Waals surface area (Å²) >= 11 is 0. The Kier molecular flexibility index (Phi) is 4.37. The third-order valence-electron chi connectivity index (χ3n) is 3.38. The van der Waals surface area contributed by atoms with Gasteiger partial charge in [0.15, 0.2) is 0 Å². The molecule has 1 aliphatic rings. The molecule has 1 fully saturated rings. The first-order valence-corrected chi connectivity index (χ1v) is 7.69. The molecule has 0 aliphatic carbocycles. The summed E-state index contributed by atoms with van der Waals surface area (Å²) in [5.41, 5.74) is 5.81. The van der Waals surface area contributed by atoms with Gasteiger partial charge >= 0.3 is 0 Å². The van der Waals surface area contributed by atoms with Gasteiger partial charge in [-0.25, -0.2) is 8.42 Å². The minimum Gasteiger partial charge on any atom is -0.330 e. The predicted molar refractivity (Wildman–Crippen MR) is 67.1 cm³/mol. The van der Waals surface area contributed by atoms with E-state index >= 15 is 0 Å². The molecule has 0 bridgehead atoms. The van der Waals surface area contributed by atoms with Gasteiger partial charge in [-0.05, 0) is 31.8 Å². The second-order valence-corrected chi connectivity index (χ2v) is 7.97. The molecular formula is C11H24N2O2S. The normalized spacial score (nSPS) is 22.6. The van der Waals surface area contributed by atoms with E-state index in [0.29, 0.717) is 24.1 Å². The van der Waals surface area contributed by atoms with Gasteiger partial charge in [0.25, 0.3) is 0 Å². The summed E-state index contributed by atoms with van der Waals surface area (Å²) in [6.07, 6.45) is 1.53. The Bertz CT molecular complexity index is 311. The highest BCUT2D eigenvalue weighted by molar-refractivity contribution is 7.91. The molecule has 0 aromatic heterocycles. The number of sulfone groups is 1. The fourth-order valence-corrected chi connectivity index (χ4v) is 3.65. The Hall–Kier alpha value is -0.130. The fourth-order valence-electron chi connectivity index (χ4n) is 2.19.